The molecule has 0 radical (unpaired) electrons. The minimum atomic E-state index is -0.370. The third kappa shape index (κ3) is 3.58. The Morgan fingerprint density at radius 3 is 2.47 bits per heavy atom. The fourth-order valence-electron chi connectivity index (χ4n) is 2.31. The van der Waals surface area contributed by atoms with Crippen molar-refractivity contribution in [1.82, 2.24) is 10.2 Å². The van der Waals surface area contributed by atoms with Crippen LogP contribution < -0.4 is 5.32 Å². The molecule has 0 aromatic rings. The summed E-state index contributed by atoms with van der Waals surface area (Å²) in [5.74, 6) is 0.205. The number of nitrogens with zero attached hydrogens (tertiary/aromatic N) is 1. The number of piperazine rings is 1. The molecule has 0 saturated carbocycles. The summed E-state index contributed by atoms with van der Waals surface area (Å²) in [6, 6.07) is -0.700. The van der Waals surface area contributed by atoms with Crippen molar-refractivity contribution < 1.29 is 9.59 Å². The van der Waals surface area contributed by atoms with E-state index in [2.05, 4.69) is 5.32 Å². The zero-order valence-corrected chi connectivity index (χ0v) is 12.7. The van der Waals surface area contributed by atoms with E-state index in [9.17, 15) is 9.59 Å². The highest BCUT2D eigenvalue weighted by Gasteiger charge is 2.40. The number of allylic oxidation sites excluding steroid dienone is 1. The summed E-state index contributed by atoms with van der Waals surface area (Å²) in [6.45, 7) is 10.5. The topological polar surface area (TPSA) is 49.4 Å². The van der Waals surface area contributed by atoms with E-state index in [0.29, 0.717) is 13.0 Å². The molecule has 4 nitrogen and oxygen atoms in total. The Balaban J connectivity index is 2.95. The van der Waals surface area contributed by atoms with Crippen LogP contribution in [-0.4, -0.2) is 35.3 Å². The Bertz CT molecular complexity index is 372. The quantitative estimate of drug-likeness (QED) is 0.775. The van der Waals surface area contributed by atoms with Crippen molar-refractivity contribution in [3.05, 3.63) is 11.6 Å². The standard InChI is InChI=1S/C15H26N2O2/c1-6-11(5)13-15(19)17(9-8-10(3)4)12(7-2)14(18)16-13/h8,11-13H,6-7,9H2,1-5H3,(H,16,18). The van der Waals surface area contributed by atoms with E-state index in [-0.39, 0.29) is 29.8 Å². The smallest absolute Gasteiger partial charge is 0.246 e. The van der Waals surface area contributed by atoms with Gasteiger partial charge in [0.1, 0.15) is 12.1 Å². The fourth-order valence-corrected chi connectivity index (χ4v) is 2.31. The van der Waals surface area contributed by atoms with Gasteiger partial charge in [0, 0.05) is 6.54 Å². The molecule has 0 spiro atoms. The second-order valence-corrected chi connectivity index (χ2v) is 5.57. The van der Waals surface area contributed by atoms with Crippen molar-refractivity contribution >= 4 is 11.8 Å². The molecule has 1 N–H and O–H groups in total. The lowest BCUT2D eigenvalue weighted by atomic mass is 9.93. The summed E-state index contributed by atoms with van der Waals surface area (Å²) in [5.41, 5.74) is 1.16. The molecule has 1 fully saturated rings. The number of rotatable bonds is 5. The van der Waals surface area contributed by atoms with Gasteiger partial charge in [-0.1, -0.05) is 38.8 Å². The first-order chi connectivity index (χ1) is 8.92. The molecule has 4 heteroatoms. The van der Waals surface area contributed by atoms with Crippen LogP contribution in [0.15, 0.2) is 11.6 Å². The Hall–Kier alpha value is -1.32. The second-order valence-electron chi connectivity index (χ2n) is 5.57. The van der Waals surface area contributed by atoms with E-state index < -0.39 is 0 Å². The molecule has 3 atom stereocenters. The molecule has 3 unspecified atom stereocenters. The van der Waals surface area contributed by atoms with E-state index in [0.717, 1.165) is 12.0 Å². The van der Waals surface area contributed by atoms with Crippen molar-refractivity contribution in [1.29, 1.82) is 0 Å². The summed E-state index contributed by atoms with van der Waals surface area (Å²) in [7, 11) is 0. The molecule has 0 aromatic carbocycles. The predicted molar refractivity (Wildman–Crippen MR) is 76.6 cm³/mol. The first-order valence-corrected chi connectivity index (χ1v) is 7.16. The van der Waals surface area contributed by atoms with Gasteiger partial charge in [-0.3, -0.25) is 9.59 Å². The van der Waals surface area contributed by atoms with E-state index in [1.54, 1.807) is 4.90 Å². The highest BCUT2D eigenvalue weighted by atomic mass is 16.2. The lowest BCUT2D eigenvalue weighted by Crippen LogP contribution is -2.64. The maximum atomic E-state index is 12.5. The molecular formula is C15H26N2O2. The molecule has 0 aromatic heterocycles. The second kappa shape index (κ2) is 6.73. The number of hydrogen-bond donors (Lipinski definition) is 1. The van der Waals surface area contributed by atoms with Crippen LogP contribution in [0.1, 0.15) is 47.5 Å². The summed E-state index contributed by atoms with van der Waals surface area (Å²) < 4.78 is 0. The molecule has 19 heavy (non-hydrogen) atoms. The van der Waals surface area contributed by atoms with Gasteiger partial charge in [-0.05, 0) is 26.2 Å². The summed E-state index contributed by atoms with van der Waals surface area (Å²) in [6.07, 6.45) is 3.54. The van der Waals surface area contributed by atoms with Crippen LogP contribution in [0.5, 0.6) is 0 Å². The van der Waals surface area contributed by atoms with Crippen LogP contribution in [0.4, 0.5) is 0 Å². The number of nitrogens with one attached hydrogen (secondary N) is 1. The van der Waals surface area contributed by atoms with E-state index in [1.165, 1.54) is 0 Å². The molecule has 1 aliphatic rings. The largest absolute Gasteiger partial charge is 0.342 e. The van der Waals surface area contributed by atoms with Crippen LogP contribution >= 0.6 is 0 Å². The summed E-state index contributed by atoms with van der Waals surface area (Å²) >= 11 is 0. The third-order valence-electron chi connectivity index (χ3n) is 3.82. The molecule has 0 bridgehead atoms. The van der Waals surface area contributed by atoms with Gasteiger partial charge in [0.2, 0.25) is 11.8 Å². The Morgan fingerprint density at radius 2 is 2.00 bits per heavy atom. The highest BCUT2D eigenvalue weighted by molar-refractivity contribution is 5.97. The average molecular weight is 266 g/mol. The van der Waals surface area contributed by atoms with Crippen LogP contribution in [0, 0.1) is 5.92 Å². The van der Waals surface area contributed by atoms with Gasteiger partial charge in [0.05, 0.1) is 0 Å². The maximum absolute atomic E-state index is 12.5. The van der Waals surface area contributed by atoms with Gasteiger partial charge >= 0.3 is 0 Å². The van der Waals surface area contributed by atoms with Crippen molar-refractivity contribution in [2.45, 2.75) is 59.5 Å². The zero-order valence-electron chi connectivity index (χ0n) is 12.7. The van der Waals surface area contributed by atoms with E-state index in [1.807, 2.05) is 40.7 Å². The Labute approximate surface area is 116 Å². The van der Waals surface area contributed by atoms with Gasteiger partial charge in [-0.2, -0.15) is 0 Å². The molecule has 0 aliphatic carbocycles. The number of amides is 2. The van der Waals surface area contributed by atoms with Crippen LogP contribution in [0.3, 0.4) is 0 Å². The zero-order chi connectivity index (χ0) is 14.6. The summed E-state index contributed by atoms with van der Waals surface area (Å²) in [4.78, 5) is 26.4. The SMILES string of the molecule is CCC(C)C1NC(=O)C(CC)N(CC=C(C)C)C1=O. The first kappa shape index (κ1) is 15.7. The van der Waals surface area contributed by atoms with Gasteiger partial charge < -0.3 is 10.2 Å². The maximum Gasteiger partial charge on any atom is 0.246 e. The molecule has 2 amide bonds. The van der Waals surface area contributed by atoms with Gasteiger partial charge in [0.15, 0.2) is 0 Å². The van der Waals surface area contributed by atoms with Gasteiger partial charge in [0.25, 0.3) is 0 Å². The molecular weight excluding hydrogens is 240 g/mol. The first-order valence-electron chi connectivity index (χ1n) is 7.16. The monoisotopic (exact) mass is 266 g/mol. The molecule has 1 rings (SSSR count). The van der Waals surface area contributed by atoms with Crippen molar-refractivity contribution in [2.75, 3.05) is 6.54 Å². The Kier molecular flexibility index (Phi) is 5.58. The minimum Gasteiger partial charge on any atom is -0.342 e. The normalized spacial score (nSPS) is 25.0. The number of carbonyl (C=O) groups excluding carboxylic acids is 2. The van der Waals surface area contributed by atoms with Crippen LogP contribution in [-0.2, 0) is 9.59 Å². The fraction of sp³-hybridized carbons (Fsp3) is 0.733. The molecule has 108 valence electrons. The van der Waals surface area contributed by atoms with Gasteiger partial charge in [-0.25, -0.2) is 0 Å². The van der Waals surface area contributed by atoms with Crippen molar-refractivity contribution in [2.24, 2.45) is 5.92 Å². The predicted octanol–water partition coefficient (Wildman–Crippen LogP) is 2.10. The minimum absolute atomic E-state index is 0.0189. The van der Waals surface area contributed by atoms with Gasteiger partial charge in [-0.15, -0.1) is 0 Å². The van der Waals surface area contributed by atoms with Crippen LogP contribution in [0.25, 0.3) is 0 Å². The molecule has 1 saturated heterocycles. The number of hydrogen-bond acceptors (Lipinski definition) is 2. The highest BCUT2D eigenvalue weighted by Crippen LogP contribution is 2.19. The summed E-state index contributed by atoms with van der Waals surface area (Å²) in [5, 5.41) is 2.88. The van der Waals surface area contributed by atoms with Crippen molar-refractivity contribution in [3.8, 4) is 0 Å². The average Bonchev–Trinajstić information content (AvgIpc) is 2.37. The van der Waals surface area contributed by atoms with Crippen molar-refractivity contribution in [3.63, 3.8) is 0 Å². The van der Waals surface area contributed by atoms with E-state index in [4.69, 9.17) is 0 Å². The third-order valence-corrected chi connectivity index (χ3v) is 3.82. The Morgan fingerprint density at radius 1 is 1.37 bits per heavy atom. The van der Waals surface area contributed by atoms with E-state index >= 15 is 0 Å². The number of carbonyl (C=O) groups is 2. The lowest BCUT2D eigenvalue weighted by molar-refractivity contribution is -0.150. The van der Waals surface area contributed by atoms with Crippen LogP contribution in [0.2, 0.25) is 0 Å². The lowest BCUT2D eigenvalue weighted by Gasteiger charge is -2.40. The molecule has 1 heterocycles. The molecule has 1 aliphatic heterocycles.